The fraction of sp³-hybridized carbons (Fsp3) is 0.259. The Morgan fingerprint density at radius 3 is 2.76 bits per heavy atom. The molecule has 0 saturated carbocycles. The van der Waals surface area contributed by atoms with Gasteiger partial charge >= 0.3 is 0 Å². The topological polar surface area (TPSA) is 70.1 Å². The zero-order valence-corrected chi connectivity index (χ0v) is 19.5. The second kappa shape index (κ2) is 9.19. The summed E-state index contributed by atoms with van der Waals surface area (Å²) in [6.07, 6.45) is 5.95. The van der Waals surface area contributed by atoms with Gasteiger partial charge in [-0.3, -0.25) is 14.7 Å². The van der Waals surface area contributed by atoms with Gasteiger partial charge < -0.3 is 18.9 Å². The predicted octanol–water partition coefficient (Wildman–Crippen LogP) is 4.42. The van der Waals surface area contributed by atoms with E-state index >= 15 is 0 Å². The molecular weight excluding hydrogens is 432 g/mol. The second-order valence-corrected chi connectivity index (χ2v) is 8.37. The van der Waals surface area contributed by atoms with Crippen molar-refractivity contribution in [2.75, 3.05) is 27.5 Å². The first-order valence-electron chi connectivity index (χ1n) is 11.1. The molecule has 7 heteroatoms. The summed E-state index contributed by atoms with van der Waals surface area (Å²) in [4.78, 5) is 19.4. The van der Waals surface area contributed by atoms with Crippen molar-refractivity contribution in [1.82, 2.24) is 9.88 Å². The Labute approximate surface area is 198 Å². The number of rotatable bonds is 6. The smallest absolute Gasteiger partial charge is 0.232 e. The molecule has 0 spiro atoms. The van der Waals surface area contributed by atoms with Crippen molar-refractivity contribution in [1.29, 1.82) is 0 Å². The van der Waals surface area contributed by atoms with Gasteiger partial charge in [0.15, 0.2) is 17.3 Å². The molecule has 3 heterocycles. The largest absolute Gasteiger partial charge is 0.493 e. The number of hydrogen-bond donors (Lipinski definition) is 0. The van der Waals surface area contributed by atoms with Gasteiger partial charge in [0.2, 0.25) is 5.78 Å². The van der Waals surface area contributed by atoms with Crippen molar-refractivity contribution in [3.63, 3.8) is 0 Å². The predicted molar refractivity (Wildman–Crippen MR) is 128 cm³/mol. The molecule has 0 amide bonds. The van der Waals surface area contributed by atoms with Crippen molar-refractivity contribution in [2.45, 2.75) is 19.9 Å². The average Bonchev–Trinajstić information content (AvgIpc) is 3.20. The quantitative estimate of drug-likeness (QED) is 0.507. The van der Waals surface area contributed by atoms with E-state index in [1.807, 2.05) is 43.3 Å². The summed E-state index contributed by atoms with van der Waals surface area (Å²) in [5, 5.41) is 0. The number of Topliss-reactive ketones (excluding diaryl/α,β-unsaturated/α-hetero) is 1. The van der Waals surface area contributed by atoms with Gasteiger partial charge in [0, 0.05) is 25.5 Å². The van der Waals surface area contributed by atoms with E-state index in [0.717, 1.165) is 41.0 Å². The van der Waals surface area contributed by atoms with Crippen LogP contribution in [0.1, 0.15) is 32.6 Å². The maximum Gasteiger partial charge on any atom is 0.232 e. The highest BCUT2D eigenvalue weighted by Gasteiger charge is 2.35. The van der Waals surface area contributed by atoms with E-state index < -0.39 is 0 Å². The normalized spacial score (nSPS) is 16.0. The van der Waals surface area contributed by atoms with Crippen LogP contribution < -0.4 is 18.9 Å². The van der Waals surface area contributed by atoms with E-state index in [1.54, 1.807) is 32.7 Å². The summed E-state index contributed by atoms with van der Waals surface area (Å²) in [6.45, 7) is 3.81. The van der Waals surface area contributed by atoms with Crippen LogP contribution in [-0.2, 0) is 13.0 Å². The molecule has 2 aliphatic heterocycles. The molecule has 0 unspecified atom stereocenters. The van der Waals surface area contributed by atoms with E-state index in [1.165, 1.54) is 0 Å². The summed E-state index contributed by atoms with van der Waals surface area (Å²) in [7, 11) is 3.27. The van der Waals surface area contributed by atoms with E-state index in [4.69, 9.17) is 18.9 Å². The van der Waals surface area contributed by atoms with Crippen LogP contribution in [0, 0.1) is 6.92 Å². The number of carbonyl (C=O) groups is 1. The summed E-state index contributed by atoms with van der Waals surface area (Å²) in [6, 6.07) is 11.6. The van der Waals surface area contributed by atoms with Crippen LogP contribution >= 0.6 is 0 Å². The Morgan fingerprint density at radius 2 is 2.00 bits per heavy atom. The number of ether oxygens (including phenoxy) is 4. The molecule has 7 nitrogen and oxygen atoms in total. The lowest BCUT2D eigenvalue weighted by Crippen LogP contribution is -2.34. The molecule has 174 valence electrons. The number of methoxy groups -OCH3 is 2. The SMILES string of the molecule is COc1ccc(CCN2COc3cc(C)c4c(c3C2)O/C(=C/c2cccnc2)C4=O)cc1OC. The summed E-state index contributed by atoms with van der Waals surface area (Å²) >= 11 is 0. The summed E-state index contributed by atoms with van der Waals surface area (Å²) in [5.41, 5.74) is 4.33. The second-order valence-electron chi connectivity index (χ2n) is 8.37. The minimum absolute atomic E-state index is 0.110. The van der Waals surface area contributed by atoms with E-state index in [9.17, 15) is 4.79 Å². The number of pyridine rings is 1. The highest BCUT2D eigenvalue weighted by atomic mass is 16.5. The molecule has 0 atom stereocenters. The molecule has 0 radical (unpaired) electrons. The van der Waals surface area contributed by atoms with Crippen LogP contribution in [0.2, 0.25) is 0 Å². The first-order valence-corrected chi connectivity index (χ1v) is 11.1. The number of benzene rings is 2. The van der Waals surface area contributed by atoms with Crippen LogP contribution in [-0.4, -0.2) is 43.2 Å². The molecule has 3 aromatic rings. The average molecular weight is 459 g/mol. The Morgan fingerprint density at radius 1 is 1.15 bits per heavy atom. The number of fused-ring (bicyclic) bond motifs is 3. The Balaban J connectivity index is 1.36. The number of aryl methyl sites for hydroxylation is 1. The number of hydrogen-bond acceptors (Lipinski definition) is 7. The van der Waals surface area contributed by atoms with Gasteiger partial charge in [0.05, 0.1) is 25.3 Å². The minimum atomic E-state index is -0.110. The number of aromatic nitrogens is 1. The van der Waals surface area contributed by atoms with E-state index in [2.05, 4.69) is 9.88 Å². The molecule has 34 heavy (non-hydrogen) atoms. The minimum Gasteiger partial charge on any atom is -0.493 e. The summed E-state index contributed by atoms with van der Waals surface area (Å²) < 4.78 is 22.9. The number of carbonyl (C=O) groups excluding carboxylic acids is 1. The van der Waals surface area contributed by atoms with Crippen LogP contribution in [0.5, 0.6) is 23.0 Å². The van der Waals surface area contributed by atoms with Crippen LogP contribution in [0.3, 0.4) is 0 Å². The van der Waals surface area contributed by atoms with Gasteiger partial charge in [0.1, 0.15) is 18.2 Å². The molecule has 2 aromatic carbocycles. The third kappa shape index (κ3) is 4.10. The molecular formula is C27H26N2O5. The number of ketones is 1. The van der Waals surface area contributed by atoms with Gasteiger partial charge in [0.25, 0.3) is 0 Å². The fourth-order valence-corrected chi connectivity index (χ4v) is 4.36. The maximum absolute atomic E-state index is 13.1. The maximum atomic E-state index is 13.1. The lowest BCUT2D eigenvalue weighted by molar-refractivity contribution is 0.0949. The molecule has 2 aliphatic rings. The third-order valence-electron chi connectivity index (χ3n) is 6.13. The Kier molecular flexibility index (Phi) is 5.94. The van der Waals surface area contributed by atoms with Gasteiger partial charge in [-0.25, -0.2) is 0 Å². The monoisotopic (exact) mass is 458 g/mol. The van der Waals surface area contributed by atoms with Crippen LogP contribution in [0.15, 0.2) is 54.6 Å². The zero-order chi connectivity index (χ0) is 23.7. The van der Waals surface area contributed by atoms with Crippen LogP contribution in [0.25, 0.3) is 6.08 Å². The van der Waals surface area contributed by atoms with Crippen molar-refractivity contribution in [3.8, 4) is 23.0 Å². The number of allylic oxidation sites excluding steroid dienone is 1. The first-order chi connectivity index (χ1) is 16.6. The van der Waals surface area contributed by atoms with Gasteiger partial charge in [-0.1, -0.05) is 12.1 Å². The van der Waals surface area contributed by atoms with Gasteiger partial charge in [-0.15, -0.1) is 0 Å². The van der Waals surface area contributed by atoms with Crippen molar-refractivity contribution in [2.24, 2.45) is 0 Å². The molecule has 0 fully saturated rings. The molecule has 0 bridgehead atoms. The molecule has 1 aromatic heterocycles. The summed E-state index contributed by atoms with van der Waals surface area (Å²) in [5.74, 6) is 3.00. The third-order valence-corrected chi connectivity index (χ3v) is 6.13. The van der Waals surface area contributed by atoms with Gasteiger partial charge in [-0.2, -0.15) is 0 Å². The number of nitrogens with zero attached hydrogens (tertiary/aromatic N) is 2. The van der Waals surface area contributed by atoms with Crippen molar-refractivity contribution in [3.05, 3.63) is 82.4 Å². The lowest BCUT2D eigenvalue weighted by atomic mass is 9.98. The fourth-order valence-electron chi connectivity index (χ4n) is 4.36. The molecule has 0 saturated heterocycles. The highest BCUT2D eigenvalue weighted by molar-refractivity contribution is 6.15. The molecule has 5 rings (SSSR count). The van der Waals surface area contributed by atoms with Crippen molar-refractivity contribution < 1.29 is 23.7 Å². The lowest BCUT2D eigenvalue weighted by Gasteiger charge is -2.30. The Bertz CT molecular complexity index is 1270. The zero-order valence-electron chi connectivity index (χ0n) is 19.5. The molecule has 0 aliphatic carbocycles. The van der Waals surface area contributed by atoms with Gasteiger partial charge in [-0.05, 0) is 60.4 Å². The first kappa shape index (κ1) is 22.0. The Hall–Kier alpha value is -3.84. The van der Waals surface area contributed by atoms with E-state index in [0.29, 0.717) is 41.8 Å². The van der Waals surface area contributed by atoms with Crippen molar-refractivity contribution >= 4 is 11.9 Å². The standard InChI is InChI=1S/C27H26N2O5/c1-17-11-22-20(27-25(17)26(30)24(34-27)13-19-5-4-9-28-14-19)15-29(16-33-22)10-8-18-6-7-21(31-2)23(12-18)32-3/h4-7,9,11-14H,8,10,15-16H2,1-3H3/b24-13+. The van der Waals surface area contributed by atoms with Crippen LogP contribution in [0.4, 0.5) is 0 Å². The van der Waals surface area contributed by atoms with E-state index in [-0.39, 0.29) is 5.78 Å². The highest BCUT2D eigenvalue weighted by Crippen LogP contribution is 2.44. The molecule has 0 N–H and O–H groups in total.